The van der Waals surface area contributed by atoms with E-state index in [9.17, 15) is 9.59 Å². The first-order valence-electron chi connectivity index (χ1n) is 5.35. The van der Waals surface area contributed by atoms with Gasteiger partial charge >= 0.3 is 5.97 Å². The monoisotopic (exact) mass is 258 g/mol. The van der Waals surface area contributed by atoms with E-state index in [1.807, 2.05) is 0 Å². The maximum Gasteiger partial charge on any atom is 0.358 e. The molecule has 2 heterocycles. The first-order chi connectivity index (χ1) is 9.08. The number of hydrogen-bond donors (Lipinski definition) is 2. The van der Waals surface area contributed by atoms with Crippen molar-refractivity contribution in [1.29, 1.82) is 0 Å². The molecule has 0 spiro atoms. The van der Waals surface area contributed by atoms with E-state index >= 15 is 0 Å². The summed E-state index contributed by atoms with van der Waals surface area (Å²) in [6.45, 7) is 1.80. The van der Waals surface area contributed by atoms with Crippen LogP contribution in [0.25, 0.3) is 0 Å². The molecule has 0 bridgehead atoms. The van der Waals surface area contributed by atoms with Gasteiger partial charge in [-0.1, -0.05) is 0 Å². The molecule has 7 nitrogen and oxygen atoms in total. The lowest BCUT2D eigenvalue weighted by Crippen LogP contribution is -2.17. The molecule has 19 heavy (non-hydrogen) atoms. The van der Waals surface area contributed by atoms with Crippen molar-refractivity contribution in [2.45, 2.75) is 6.92 Å². The molecule has 0 radical (unpaired) electrons. The second kappa shape index (κ2) is 5.21. The first-order valence-corrected chi connectivity index (χ1v) is 5.35. The number of nitrogens with one attached hydrogen (secondary N) is 1. The number of anilines is 1. The summed E-state index contributed by atoms with van der Waals surface area (Å²) in [7, 11) is 0. The first kappa shape index (κ1) is 12.6. The normalized spacial score (nSPS) is 9.95. The molecule has 0 aliphatic heterocycles. The molecule has 1 amide bonds. The molecule has 0 unspecified atom stereocenters. The number of carboxylic acid groups (broad SMARTS) is 1. The lowest BCUT2D eigenvalue weighted by Gasteiger charge is -2.06. The molecule has 0 fully saturated rings. The van der Waals surface area contributed by atoms with E-state index in [4.69, 9.17) is 5.11 Å². The van der Waals surface area contributed by atoms with Gasteiger partial charge in [-0.05, 0) is 18.6 Å². The third-order valence-corrected chi connectivity index (χ3v) is 2.27. The van der Waals surface area contributed by atoms with Gasteiger partial charge in [0.15, 0.2) is 11.5 Å². The molecule has 96 valence electrons. The van der Waals surface area contributed by atoms with Crippen LogP contribution in [0, 0.1) is 6.92 Å². The van der Waals surface area contributed by atoms with E-state index in [1.54, 1.807) is 19.2 Å². The van der Waals surface area contributed by atoms with Crippen LogP contribution in [-0.4, -0.2) is 31.9 Å². The minimum absolute atomic E-state index is 0.0958. The number of aromatic nitrogens is 3. The van der Waals surface area contributed by atoms with Crippen LogP contribution >= 0.6 is 0 Å². The highest BCUT2D eigenvalue weighted by Crippen LogP contribution is 2.10. The summed E-state index contributed by atoms with van der Waals surface area (Å²) in [4.78, 5) is 34.2. The Hall–Kier alpha value is -2.83. The summed E-state index contributed by atoms with van der Waals surface area (Å²) < 4.78 is 0. The molecular formula is C12H10N4O3. The third kappa shape index (κ3) is 2.89. The van der Waals surface area contributed by atoms with Crippen LogP contribution in [-0.2, 0) is 0 Å². The Balaban J connectivity index is 2.27. The van der Waals surface area contributed by atoms with E-state index in [1.165, 1.54) is 18.6 Å². The van der Waals surface area contributed by atoms with E-state index in [-0.39, 0.29) is 11.5 Å². The van der Waals surface area contributed by atoms with Gasteiger partial charge in [0.1, 0.15) is 0 Å². The lowest BCUT2D eigenvalue weighted by atomic mass is 10.2. The number of nitrogens with zero attached hydrogens (tertiary/aromatic N) is 3. The van der Waals surface area contributed by atoms with E-state index in [2.05, 4.69) is 20.3 Å². The maximum absolute atomic E-state index is 11.9. The molecule has 0 saturated carbocycles. The Labute approximate surface area is 108 Å². The summed E-state index contributed by atoms with van der Waals surface area (Å²) in [6, 6.07) is 1.64. The van der Waals surface area contributed by atoms with Crippen LogP contribution < -0.4 is 5.32 Å². The van der Waals surface area contributed by atoms with Gasteiger partial charge in [-0.15, -0.1) is 0 Å². The molecular weight excluding hydrogens is 248 g/mol. The Morgan fingerprint density at radius 1 is 1.21 bits per heavy atom. The van der Waals surface area contributed by atoms with Crippen molar-refractivity contribution in [3.05, 3.63) is 47.7 Å². The highest BCUT2D eigenvalue weighted by atomic mass is 16.4. The van der Waals surface area contributed by atoms with Gasteiger partial charge in [-0.3, -0.25) is 9.78 Å². The van der Waals surface area contributed by atoms with Gasteiger partial charge in [-0.25, -0.2) is 14.8 Å². The van der Waals surface area contributed by atoms with Gasteiger partial charge in [-0.2, -0.15) is 0 Å². The van der Waals surface area contributed by atoms with E-state index in [0.29, 0.717) is 5.56 Å². The predicted octanol–water partition coefficient (Wildman–Crippen LogP) is 1.13. The fourth-order valence-corrected chi connectivity index (χ4v) is 1.44. The second-order valence-corrected chi connectivity index (χ2v) is 3.76. The third-order valence-electron chi connectivity index (χ3n) is 2.27. The SMILES string of the molecule is Cc1cncc(C(=O)Nc2nccnc2C(=O)O)c1. The topological polar surface area (TPSA) is 105 Å². The molecule has 0 aliphatic rings. The zero-order valence-electron chi connectivity index (χ0n) is 9.99. The standard InChI is InChI=1S/C12H10N4O3/c1-7-4-8(6-13-5-7)11(17)16-10-9(12(18)19)14-2-3-15-10/h2-6H,1H3,(H,18,19)(H,15,16,17). The second-order valence-electron chi connectivity index (χ2n) is 3.76. The number of aromatic carboxylic acids is 1. The average Bonchev–Trinajstić information content (AvgIpc) is 2.39. The summed E-state index contributed by atoms with van der Waals surface area (Å²) in [5.74, 6) is -1.84. The number of amides is 1. The maximum atomic E-state index is 11.9. The van der Waals surface area contributed by atoms with E-state index in [0.717, 1.165) is 5.56 Å². The summed E-state index contributed by atoms with van der Waals surface area (Å²) >= 11 is 0. The number of pyridine rings is 1. The molecule has 0 aromatic carbocycles. The molecule has 2 aromatic rings. The van der Waals surface area contributed by atoms with Crippen molar-refractivity contribution < 1.29 is 14.7 Å². The van der Waals surface area contributed by atoms with E-state index < -0.39 is 11.9 Å². The number of carbonyl (C=O) groups excluding carboxylic acids is 1. The van der Waals surface area contributed by atoms with Gasteiger partial charge in [0, 0.05) is 24.8 Å². The number of carbonyl (C=O) groups is 2. The zero-order valence-corrected chi connectivity index (χ0v) is 9.99. The number of hydrogen-bond acceptors (Lipinski definition) is 5. The molecule has 0 atom stereocenters. The molecule has 2 rings (SSSR count). The summed E-state index contributed by atoms with van der Waals surface area (Å²) in [6.07, 6.45) is 5.55. The molecule has 2 aromatic heterocycles. The van der Waals surface area contributed by atoms with Gasteiger partial charge in [0.25, 0.3) is 5.91 Å². The summed E-state index contributed by atoms with van der Waals surface area (Å²) in [5.41, 5.74) is 0.837. The van der Waals surface area contributed by atoms with Gasteiger partial charge < -0.3 is 10.4 Å². The van der Waals surface area contributed by atoms with Crippen molar-refractivity contribution in [3.8, 4) is 0 Å². The number of carboxylic acids is 1. The predicted molar refractivity (Wildman–Crippen MR) is 65.9 cm³/mol. The minimum Gasteiger partial charge on any atom is -0.476 e. The molecule has 7 heteroatoms. The Kier molecular flexibility index (Phi) is 3.46. The molecule has 0 aliphatic carbocycles. The highest BCUT2D eigenvalue weighted by Gasteiger charge is 2.16. The Bertz CT molecular complexity index is 642. The zero-order chi connectivity index (χ0) is 13.8. The Morgan fingerprint density at radius 2 is 1.95 bits per heavy atom. The van der Waals surface area contributed by atoms with Crippen LogP contribution in [0.2, 0.25) is 0 Å². The quantitative estimate of drug-likeness (QED) is 0.854. The van der Waals surface area contributed by atoms with Crippen molar-refractivity contribution in [2.75, 3.05) is 5.32 Å². The van der Waals surface area contributed by atoms with Gasteiger partial charge in [0.2, 0.25) is 0 Å². The van der Waals surface area contributed by atoms with Crippen LogP contribution in [0.15, 0.2) is 30.9 Å². The van der Waals surface area contributed by atoms with Crippen LogP contribution in [0.5, 0.6) is 0 Å². The fraction of sp³-hybridized carbons (Fsp3) is 0.0833. The Morgan fingerprint density at radius 3 is 2.63 bits per heavy atom. The van der Waals surface area contributed by atoms with Crippen molar-refractivity contribution in [2.24, 2.45) is 0 Å². The summed E-state index contributed by atoms with van der Waals surface area (Å²) in [5, 5.41) is 11.3. The number of aryl methyl sites for hydroxylation is 1. The molecule has 2 N–H and O–H groups in total. The molecule has 0 saturated heterocycles. The minimum atomic E-state index is -1.26. The van der Waals surface area contributed by atoms with Crippen molar-refractivity contribution in [1.82, 2.24) is 15.0 Å². The lowest BCUT2D eigenvalue weighted by molar-refractivity contribution is 0.0691. The van der Waals surface area contributed by atoms with Crippen molar-refractivity contribution >= 4 is 17.7 Å². The number of rotatable bonds is 3. The van der Waals surface area contributed by atoms with Crippen LogP contribution in [0.1, 0.15) is 26.4 Å². The van der Waals surface area contributed by atoms with Crippen LogP contribution in [0.3, 0.4) is 0 Å². The highest BCUT2D eigenvalue weighted by molar-refractivity contribution is 6.06. The largest absolute Gasteiger partial charge is 0.476 e. The smallest absolute Gasteiger partial charge is 0.358 e. The van der Waals surface area contributed by atoms with Crippen molar-refractivity contribution in [3.63, 3.8) is 0 Å². The van der Waals surface area contributed by atoms with Crippen LogP contribution in [0.4, 0.5) is 5.82 Å². The average molecular weight is 258 g/mol. The fourth-order valence-electron chi connectivity index (χ4n) is 1.44. The van der Waals surface area contributed by atoms with Gasteiger partial charge in [0.05, 0.1) is 5.56 Å².